The quantitative estimate of drug-likeness (QED) is 0.822. The molecule has 0 bridgehead atoms. The van der Waals surface area contributed by atoms with Gasteiger partial charge in [-0.3, -0.25) is 4.79 Å². The number of ether oxygens (including phenoxy) is 2. The van der Waals surface area contributed by atoms with Crippen LogP contribution in [-0.4, -0.2) is 29.2 Å². The van der Waals surface area contributed by atoms with E-state index in [0.717, 1.165) is 0 Å². The minimum atomic E-state index is -0.943. The van der Waals surface area contributed by atoms with Crippen molar-refractivity contribution < 1.29 is 19.4 Å². The normalized spacial score (nSPS) is 25.8. The standard InChI is InChI=1S/C14H16O4/c15-10-5-7-14(16,8-6-10)13-9-17-11-3-1-2-4-12(11)18-13/h1-4,13,16H,5-9H2/t13-/m1/s1. The predicted octanol–water partition coefficient (Wildman–Crippen LogP) is 1.70. The fraction of sp³-hybridized carbons (Fsp3) is 0.500. The molecule has 4 nitrogen and oxygen atoms in total. The maximum Gasteiger partial charge on any atom is 0.161 e. The molecule has 0 radical (unpaired) electrons. The van der Waals surface area contributed by atoms with E-state index in [2.05, 4.69) is 0 Å². The third-order valence-electron chi connectivity index (χ3n) is 3.78. The van der Waals surface area contributed by atoms with Crippen molar-refractivity contribution in [3.05, 3.63) is 24.3 Å². The second-order valence-corrected chi connectivity index (χ2v) is 5.01. The van der Waals surface area contributed by atoms with E-state index in [1.165, 1.54) is 0 Å². The van der Waals surface area contributed by atoms with E-state index in [1.54, 1.807) is 0 Å². The third-order valence-corrected chi connectivity index (χ3v) is 3.78. The lowest BCUT2D eigenvalue weighted by Crippen LogP contribution is -2.52. The summed E-state index contributed by atoms with van der Waals surface area (Å²) >= 11 is 0. The first-order chi connectivity index (χ1) is 8.67. The lowest BCUT2D eigenvalue weighted by molar-refractivity contribution is -0.136. The number of hydrogen-bond donors (Lipinski definition) is 1. The van der Waals surface area contributed by atoms with Crippen LogP contribution in [0.5, 0.6) is 11.5 Å². The number of fused-ring (bicyclic) bond motifs is 1. The maximum atomic E-state index is 11.2. The van der Waals surface area contributed by atoms with Crippen molar-refractivity contribution in [2.75, 3.05) is 6.61 Å². The van der Waals surface area contributed by atoms with Gasteiger partial charge >= 0.3 is 0 Å². The molecular weight excluding hydrogens is 232 g/mol. The second-order valence-electron chi connectivity index (χ2n) is 5.01. The molecule has 4 heteroatoms. The van der Waals surface area contributed by atoms with Gasteiger partial charge in [0.1, 0.15) is 18.0 Å². The Morgan fingerprint density at radius 3 is 2.56 bits per heavy atom. The molecule has 1 aromatic carbocycles. The fourth-order valence-corrected chi connectivity index (χ4v) is 2.57. The van der Waals surface area contributed by atoms with E-state index in [1.807, 2.05) is 24.3 Å². The lowest BCUT2D eigenvalue weighted by atomic mass is 9.80. The van der Waals surface area contributed by atoms with Crippen molar-refractivity contribution in [2.24, 2.45) is 0 Å². The topological polar surface area (TPSA) is 55.8 Å². The molecule has 1 aromatic rings. The Balaban J connectivity index is 1.77. The number of rotatable bonds is 1. The zero-order valence-corrected chi connectivity index (χ0v) is 10.1. The van der Waals surface area contributed by atoms with E-state index >= 15 is 0 Å². The highest BCUT2D eigenvalue weighted by molar-refractivity contribution is 5.79. The number of benzene rings is 1. The summed E-state index contributed by atoms with van der Waals surface area (Å²) in [6.45, 7) is 0.335. The first-order valence-corrected chi connectivity index (χ1v) is 6.30. The summed E-state index contributed by atoms with van der Waals surface area (Å²) in [5, 5.41) is 10.6. The van der Waals surface area contributed by atoms with Crippen LogP contribution in [0.4, 0.5) is 0 Å². The van der Waals surface area contributed by atoms with Gasteiger partial charge in [0.2, 0.25) is 0 Å². The summed E-state index contributed by atoms with van der Waals surface area (Å²) in [6.07, 6.45) is 1.39. The van der Waals surface area contributed by atoms with Gasteiger partial charge in [-0.1, -0.05) is 12.1 Å². The van der Waals surface area contributed by atoms with Crippen LogP contribution in [0.2, 0.25) is 0 Å². The minimum absolute atomic E-state index is 0.219. The maximum absolute atomic E-state index is 11.2. The lowest BCUT2D eigenvalue weighted by Gasteiger charge is -2.40. The summed E-state index contributed by atoms with van der Waals surface area (Å²) in [7, 11) is 0. The van der Waals surface area contributed by atoms with Gasteiger partial charge in [0.15, 0.2) is 17.6 Å². The van der Waals surface area contributed by atoms with Crippen LogP contribution in [0.3, 0.4) is 0 Å². The molecular formula is C14H16O4. The van der Waals surface area contributed by atoms with Gasteiger partial charge in [-0.05, 0) is 25.0 Å². The van der Waals surface area contributed by atoms with Crippen LogP contribution in [0.1, 0.15) is 25.7 Å². The highest BCUT2D eigenvalue weighted by Gasteiger charge is 2.43. The molecule has 1 N–H and O–H groups in total. The molecule has 1 saturated carbocycles. The number of Topliss-reactive ketones (excluding diaryl/α,β-unsaturated/α-hetero) is 1. The zero-order valence-electron chi connectivity index (χ0n) is 10.1. The van der Waals surface area contributed by atoms with Crippen LogP contribution >= 0.6 is 0 Å². The average Bonchev–Trinajstić information content (AvgIpc) is 2.42. The van der Waals surface area contributed by atoms with Crippen LogP contribution in [0, 0.1) is 0 Å². The number of ketones is 1. The molecule has 0 unspecified atom stereocenters. The Hall–Kier alpha value is -1.55. The van der Waals surface area contributed by atoms with E-state index < -0.39 is 5.60 Å². The first-order valence-electron chi connectivity index (χ1n) is 6.30. The molecule has 1 fully saturated rings. The molecule has 3 rings (SSSR count). The molecule has 1 heterocycles. The first kappa shape index (κ1) is 11.5. The second kappa shape index (κ2) is 4.28. The van der Waals surface area contributed by atoms with Gasteiger partial charge in [0.25, 0.3) is 0 Å². The van der Waals surface area contributed by atoms with Crippen molar-refractivity contribution in [1.29, 1.82) is 0 Å². The third kappa shape index (κ3) is 1.97. The predicted molar refractivity (Wildman–Crippen MR) is 64.8 cm³/mol. The summed E-state index contributed by atoms with van der Waals surface area (Å²) < 4.78 is 11.4. The Morgan fingerprint density at radius 2 is 1.83 bits per heavy atom. The van der Waals surface area contributed by atoms with Gasteiger partial charge in [-0.2, -0.15) is 0 Å². The summed E-state index contributed by atoms with van der Waals surface area (Å²) in [5.74, 6) is 1.60. The largest absolute Gasteiger partial charge is 0.486 e. The highest BCUT2D eigenvalue weighted by Crippen LogP contribution is 2.38. The molecule has 96 valence electrons. The summed E-state index contributed by atoms with van der Waals surface area (Å²) in [4.78, 5) is 11.2. The van der Waals surface area contributed by atoms with Crippen molar-refractivity contribution in [2.45, 2.75) is 37.4 Å². The van der Waals surface area contributed by atoms with Crippen LogP contribution in [0.15, 0.2) is 24.3 Å². The number of para-hydroxylation sites is 2. The van der Waals surface area contributed by atoms with Crippen LogP contribution in [-0.2, 0) is 4.79 Å². The molecule has 18 heavy (non-hydrogen) atoms. The number of aliphatic hydroxyl groups is 1. The number of carbonyl (C=O) groups is 1. The number of hydrogen-bond acceptors (Lipinski definition) is 4. The van der Waals surface area contributed by atoms with E-state index in [4.69, 9.17) is 9.47 Å². The van der Waals surface area contributed by atoms with E-state index in [-0.39, 0.29) is 11.9 Å². The summed E-state index contributed by atoms with van der Waals surface area (Å²) in [5.41, 5.74) is -0.943. The highest BCUT2D eigenvalue weighted by atomic mass is 16.6. The van der Waals surface area contributed by atoms with Crippen LogP contribution < -0.4 is 9.47 Å². The van der Waals surface area contributed by atoms with Gasteiger partial charge in [0, 0.05) is 12.8 Å². The van der Waals surface area contributed by atoms with Crippen molar-refractivity contribution >= 4 is 5.78 Å². The molecule has 0 spiro atoms. The molecule has 1 aliphatic heterocycles. The van der Waals surface area contributed by atoms with E-state index in [0.29, 0.717) is 43.8 Å². The molecule has 1 aliphatic carbocycles. The molecule has 2 aliphatic rings. The Labute approximate surface area is 106 Å². The van der Waals surface area contributed by atoms with Gasteiger partial charge < -0.3 is 14.6 Å². The van der Waals surface area contributed by atoms with Crippen molar-refractivity contribution in [1.82, 2.24) is 0 Å². The Morgan fingerprint density at radius 1 is 1.17 bits per heavy atom. The molecule has 0 aromatic heterocycles. The van der Waals surface area contributed by atoms with Crippen molar-refractivity contribution in [3.8, 4) is 11.5 Å². The minimum Gasteiger partial charge on any atom is -0.486 e. The Bertz CT molecular complexity index is 459. The molecule has 0 amide bonds. The molecule has 1 atom stereocenters. The van der Waals surface area contributed by atoms with Gasteiger partial charge in [-0.15, -0.1) is 0 Å². The Kier molecular flexibility index (Phi) is 2.74. The average molecular weight is 248 g/mol. The summed E-state index contributed by atoms with van der Waals surface area (Å²) in [6, 6.07) is 7.44. The zero-order chi connectivity index (χ0) is 12.6. The van der Waals surface area contributed by atoms with Gasteiger partial charge in [0.05, 0.1) is 0 Å². The smallest absolute Gasteiger partial charge is 0.161 e. The van der Waals surface area contributed by atoms with Gasteiger partial charge in [-0.25, -0.2) is 0 Å². The fourth-order valence-electron chi connectivity index (χ4n) is 2.57. The monoisotopic (exact) mass is 248 g/mol. The van der Waals surface area contributed by atoms with Crippen LogP contribution in [0.25, 0.3) is 0 Å². The SMILES string of the molecule is O=C1CCC(O)([C@H]2COc3ccccc3O2)CC1. The van der Waals surface area contributed by atoms with Crippen molar-refractivity contribution in [3.63, 3.8) is 0 Å². The molecule has 0 saturated heterocycles. The van der Waals surface area contributed by atoms with E-state index in [9.17, 15) is 9.90 Å². The number of carbonyl (C=O) groups excluding carboxylic acids is 1.